The lowest BCUT2D eigenvalue weighted by molar-refractivity contribution is -0.135. The van der Waals surface area contributed by atoms with Crippen molar-refractivity contribution < 1.29 is 15.0 Å². The molecule has 4 rings (SSSR count). The molecular formula is C24H29N3O4S. The molecule has 8 heteroatoms. The van der Waals surface area contributed by atoms with Crippen molar-refractivity contribution in [2.75, 3.05) is 19.7 Å². The van der Waals surface area contributed by atoms with E-state index < -0.39 is 5.60 Å². The molecule has 1 aromatic carbocycles. The number of hydrogen-bond acceptors (Lipinski definition) is 6. The number of likely N-dealkylation sites (tertiary alicyclic amines) is 1. The molecule has 2 aromatic heterocycles. The van der Waals surface area contributed by atoms with Gasteiger partial charge in [-0.3, -0.25) is 14.2 Å². The number of aliphatic hydroxyl groups is 2. The molecule has 1 saturated heterocycles. The first-order chi connectivity index (χ1) is 15.5. The molecule has 2 N–H and O–H groups in total. The molecule has 3 aromatic rings. The van der Waals surface area contributed by atoms with E-state index in [0.29, 0.717) is 61.8 Å². The number of rotatable bonds is 8. The third-order valence-electron chi connectivity index (χ3n) is 6.21. The van der Waals surface area contributed by atoms with Crippen molar-refractivity contribution in [3.05, 3.63) is 63.5 Å². The van der Waals surface area contributed by atoms with Gasteiger partial charge >= 0.3 is 0 Å². The van der Waals surface area contributed by atoms with Crippen LogP contribution in [0.5, 0.6) is 0 Å². The number of fused-ring (bicyclic) bond motifs is 1. The van der Waals surface area contributed by atoms with E-state index >= 15 is 0 Å². The van der Waals surface area contributed by atoms with Crippen LogP contribution in [0, 0.1) is 0 Å². The molecular weight excluding hydrogens is 426 g/mol. The summed E-state index contributed by atoms with van der Waals surface area (Å²) in [6, 6.07) is 9.95. The van der Waals surface area contributed by atoms with Gasteiger partial charge in [0.05, 0.1) is 24.0 Å². The van der Waals surface area contributed by atoms with E-state index in [1.807, 2.05) is 40.6 Å². The van der Waals surface area contributed by atoms with E-state index in [1.165, 1.54) is 22.2 Å². The minimum Gasteiger partial charge on any atom is -0.396 e. The summed E-state index contributed by atoms with van der Waals surface area (Å²) in [5.41, 5.74) is 1.63. The van der Waals surface area contributed by atoms with Gasteiger partial charge in [0.15, 0.2) is 0 Å². The van der Waals surface area contributed by atoms with Gasteiger partial charge in [-0.2, -0.15) is 0 Å². The molecule has 0 radical (unpaired) electrons. The average Bonchev–Trinajstić information content (AvgIpc) is 3.23. The fraction of sp³-hybridized carbons (Fsp3) is 0.458. The Morgan fingerprint density at radius 2 is 1.91 bits per heavy atom. The lowest BCUT2D eigenvalue weighted by Gasteiger charge is -2.38. The topological polar surface area (TPSA) is 95.7 Å². The molecule has 1 aliphatic rings. The van der Waals surface area contributed by atoms with Crippen LogP contribution >= 0.6 is 11.3 Å². The smallest absolute Gasteiger partial charge is 0.271 e. The standard InChI is InChI=1S/C24H29N3O4S/c28-14-4-7-19-15-32-22-21(19)25-17-27(23(22)30)16-24(31)10-12-26(13-11-24)20(29)9-8-18-5-2-1-3-6-18/h1-3,5-6,15,17,28,31H,4,7-14,16H2. The maximum Gasteiger partial charge on any atom is 0.271 e. The summed E-state index contributed by atoms with van der Waals surface area (Å²) < 4.78 is 2.07. The number of thiophene rings is 1. The molecule has 0 spiro atoms. The lowest BCUT2D eigenvalue weighted by atomic mass is 9.91. The van der Waals surface area contributed by atoms with E-state index in [9.17, 15) is 14.7 Å². The molecule has 7 nitrogen and oxygen atoms in total. The van der Waals surface area contributed by atoms with Crippen LogP contribution in [0.25, 0.3) is 10.2 Å². The number of amides is 1. The number of carbonyl (C=O) groups excluding carboxylic acids is 1. The van der Waals surface area contributed by atoms with Crippen molar-refractivity contribution in [1.82, 2.24) is 14.5 Å². The number of aliphatic hydroxyl groups excluding tert-OH is 1. The zero-order valence-corrected chi connectivity index (χ0v) is 18.9. The molecule has 1 amide bonds. The highest BCUT2D eigenvalue weighted by atomic mass is 32.1. The fourth-order valence-electron chi connectivity index (χ4n) is 4.25. The zero-order chi connectivity index (χ0) is 22.6. The second-order valence-corrected chi connectivity index (χ2v) is 9.41. The number of aryl methyl sites for hydroxylation is 2. The van der Waals surface area contributed by atoms with E-state index in [2.05, 4.69) is 4.98 Å². The first-order valence-electron chi connectivity index (χ1n) is 11.1. The van der Waals surface area contributed by atoms with Crippen LogP contribution in [0.1, 0.15) is 36.8 Å². The van der Waals surface area contributed by atoms with Crippen molar-refractivity contribution >= 4 is 27.5 Å². The SMILES string of the molecule is O=C(CCc1ccccc1)N1CCC(O)(Cn2cnc3c(CCCO)csc3c2=O)CC1. The van der Waals surface area contributed by atoms with Crippen molar-refractivity contribution in [2.45, 2.75) is 50.7 Å². The van der Waals surface area contributed by atoms with E-state index in [-0.39, 0.29) is 24.6 Å². The average molecular weight is 456 g/mol. The largest absolute Gasteiger partial charge is 0.396 e. The van der Waals surface area contributed by atoms with Gasteiger partial charge in [0.25, 0.3) is 5.56 Å². The Morgan fingerprint density at radius 1 is 1.16 bits per heavy atom. The molecule has 0 saturated carbocycles. The van der Waals surface area contributed by atoms with E-state index in [0.717, 1.165) is 11.1 Å². The molecule has 0 atom stereocenters. The normalized spacial score (nSPS) is 15.9. The highest BCUT2D eigenvalue weighted by Crippen LogP contribution is 2.26. The van der Waals surface area contributed by atoms with E-state index in [4.69, 9.17) is 5.11 Å². The zero-order valence-electron chi connectivity index (χ0n) is 18.1. The van der Waals surface area contributed by atoms with Gasteiger partial charge in [-0.05, 0) is 48.6 Å². The van der Waals surface area contributed by atoms with Gasteiger partial charge in [-0.25, -0.2) is 4.98 Å². The van der Waals surface area contributed by atoms with E-state index in [1.54, 1.807) is 0 Å². The lowest BCUT2D eigenvalue weighted by Crippen LogP contribution is -2.49. The van der Waals surface area contributed by atoms with Gasteiger partial charge in [0.2, 0.25) is 5.91 Å². The maximum atomic E-state index is 12.9. The van der Waals surface area contributed by atoms with Crippen LogP contribution in [-0.4, -0.2) is 55.9 Å². The van der Waals surface area contributed by atoms with Gasteiger partial charge < -0.3 is 15.1 Å². The Hall–Kier alpha value is -2.55. The van der Waals surface area contributed by atoms with Gasteiger partial charge in [0, 0.05) is 26.1 Å². The van der Waals surface area contributed by atoms with Crippen LogP contribution in [-0.2, 0) is 24.2 Å². The number of aromatic nitrogens is 2. The molecule has 170 valence electrons. The molecule has 0 bridgehead atoms. The second-order valence-electron chi connectivity index (χ2n) is 8.53. The Labute approximate surface area is 191 Å². The first kappa shape index (κ1) is 22.6. The Bertz CT molecular complexity index is 1120. The second kappa shape index (κ2) is 9.94. The molecule has 32 heavy (non-hydrogen) atoms. The van der Waals surface area contributed by atoms with Crippen LogP contribution < -0.4 is 5.56 Å². The van der Waals surface area contributed by atoms with Gasteiger partial charge in [-0.15, -0.1) is 11.3 Å². The summed E-state index contributed by atoms with van der Waals surface area (Å²) in [6.07, 6.45) is 4.86. The van der Waals surface area contributed by atoms with Gasteiger partial charge in [0.1, 0.15) is 4.70 Å². The number of piperidine rings is 1. The minimum atomic E-state index is -1.04. The van der Waals surface area contributed by atoms with Crippen molar-refractivity contribution in [3.8, 4) is 0 Å². The van der Waals surface area contributed by atoms with Crippen molar-refractivity contribution in [1.29, 1.82) is 0 Å². The Balaban J connectivity index is 1.36. The third kappa shape index (κ3) is 5.09. The minimum absolute atomic E-state index is 0.102. The summed E-state index contributed by atoms with van der Waals surface area (Å²) in [6.45, 7) is 1.25. The van der Waals surface area contributed by atoms with Crippen molar-refractivity contribution in [3.63, 3.8) is 0 Å². The predicted octanol–water partition coefficient (Wildman–Crippen LogP) is 2.37. The fourth-order valence-corrected chi connectivity index (χ4v) is 5.26. The van der Waals surface area contributed by atoms with Crippen LogP contribution in [0.4, 0.5) is 0 Å². The number of benzene rings is 1. The summed E-state index contributed by atoms with van der Waals surface area (Å²) in [4.78, 5) is 31.8. The summed E-state index contributed by atoms with van der Waals surface area (Å²) in [7, 11) is 0. The number of hydrogen-bond donors (Lipinski definition) is 2. The van der Waals surface area contributed by atoms with Crippen LogP contribution in [0.2, 0.25) is 0 Å². The monoisotopic (exact) mass is 455 g/mol. The molecule has 1 fully saturated rings. The number of nitrogens with zero attached hydrogens (tertiary/aromatic N) is 3. The molecule has 0 aliphatic carbocycles. The first-order valence-corrected chi connectivity index (χ1v) is 12.0. The highest BCUT2D eigenvalue weighted by molar-refractivity contribution is 7.17. The van der Waals surface area contributed by atoms with Crippen LogP contribution in [0.3, 0.4) is 0 Å². The Morgan fingerprint density at radius 3 is 2.62 bits per heavy atom. The number of carbonyl (C=O) groups is 1. The molecule has 0 unspecified atom stereocenters. The summed E-state index contributed by atoms with van der Waals surface area (Å²) in [5, 5.41) is 22.1. The summed E-state index contributed by atoms with van der Waals surface area (Å²) in [5.74, 6) is 0.102. The molecule has 1 aliphatic heterocycles. The van der Waals surface area contributed by atoms with Gasteiger partial charge in [-0.1, -0.05) is 30.3 Å². The Kier molecular flexibility index (Phi) is 7.03. The molecule has 3 heterocycles. The predicted molar refractivity (Wildman–Crippen MR) is 125 cm³/mol. The third-order valence-corrected chi connectivity index (χ3v) is 7.21. The quantitative estimate of drug-likeness (QED) is 0.544. The van der Waals surface area contributed by atoms with Crippen LogP contribution in [0.15, 0.2) is 46.8 Å². The van der Waals surface area contributed by atoms with Crippen molar-refractivity contribution in [2.24, 2.45) is 0 Å². The highest BCUT2D eigenvalue weighted by Gasteiger charge is 2.34. The summed E-state index contributed by atoms with van der Waals surface area (Å²) >= 11 is 1.36. The maximum absolute atomic E-state index is 12.9.